The van der Waals surface area contributed by atoms with Crippen LogP contribution in [0.4, 0.5) is 14.5 Å². The van der Waals surface area contributed by atoms with E-state index >= 15 is 0 Å². The quantitative estimate of drug-likeness (QED) is 0.524. The van der Waals surface area contributed by atoms with Gasteiger partial charge in [-0.3, -0.25) is 14.4 Å². The van der Waals surface area contributed by atoms with Crippen LogP contribution in [0.2, 0.25) is 0 Å². The molecule has 1 aliphatic heterocycles. The number of carbonyl (C=O) groups excluding carboxylic acids is 3. The zero-order valence-corrected chi connectivity index (χ0v) is 19.0. The number of nitrogens with one attached hydrogen (secondary N) is 2. The van der Waals surface area contributed by atoms with Gasteiger partial charge in [-0.25, -0.2) is 8.78 Å². The van der Waals surface area contributed by atoms with E-state index in [1.807, 2.05) is 36.4 Å². The predicted molar refractivity (Wildman–Crippen MR) is 125 cm³/mol. The van der Waals surface area contributed by atoms with Gasteiger partial charge < -0.3 is 20.6 Å². The molecule has 4 rings (SSSR count). The second-order valence-corrected chi connectivity index (χ2v) is 8.28. The lowest BCUT2D eigenvalue weighted by atomic mass is 9.95. The number of para-hydroxylation sites is 1. The summed E-state index contributed by atoms with van der Waals surface area (Å²) in [5.41, 5.74) is 2.61. The van der Waals surface area contributed by atoms with E-state index in [1.165, 1.54) is 11.8 Å². The number of anilines is 1. The van der Waals surface area contributed by atoms with Crippen molar-refractivity contribution in [3.63, 3.8) is 0 Å². The maximum Gasteiger partial charge on any atom is 0.254 e. The SMILES string of the molecule is C[C@H](NC(=O)C(O)c1cc(F)cc(F)c1)C(=O)N[C@@H]1C(=O)N(C)c2ccccc2-c2ccccc21. The van der Waals surface area contributed by atoms with Gasteiger partial charge in [0.2, 0.25) is 5.91 Å². The van der Waals surface area contributed by atoms with Gasteiger partial charge in [-0.05, 0) is 41.8 Å². The predicted octanol–water partition coefficient (Wildman–Crippen LogP) is 3.00. The molecule has 1 aliphatic rings. The first-order valence-electron chi connectivity index (χ1n) is 10.9. The number of aliphatic hydroxyl groups is 1. The van der Waals surface area contributed by atoms with Crippen LogP contribution in [-0.4, -0.2) is 35.9 Å². The van der Waals surface area contributed by atoms with Gasteiger partial charge in [-0.15, -0.1) is 0 Å². The normalized spacial score (nSPS) is 16.4. The monoisotopic (exact) mass is 479 g/mol. The summed E-state index contributed by atoms with van der Waals surface area (Å²) in [6.07, 6.45) is -1.89. The highest BCUT2D eigenvalue weighted by atomic mass is 19.1. The fourth-order valence-corrected chi connectivity index (χ4v) is 4.08. The van der Waals surface area contributed by atoms with Gasteiger partial charge in [0.05, 0.1) is 5.69 Å². The first-order chi connectivity index (χ1) is 16.7. The minimum absolute atomic E-state index is 0.292. The molecule has 0 spiro atoms. The van der Waals surface area contributed by atoms with Crippen LogP contribution >= 0.6 is 0 Å². The first-order valence-corrected chi connectivity index (χ1v) is 10.9. The highest BCUT2D eigenvalue weighted by Gasteiger charge is 2.34. The van der Waals surface area contributed by atoms with Crippen molar-refractivity contribution in [1.82, 2.24) is 10.6 Å². The molecule has 3 amide bonds. The van der Waals surface area contributed by atoms with Crippen LogP contribution < -0.4 is 15.5 Å². The van der Waals surface area contributed by atoms with Gasteiger partial charge in [0, 0.05) is 18.7 Å². The Balaban J connectivity index is 1.54. The van der Waals surface area contributed by atoms with Gasteiger partial charge in [-0.2, -0.15) is 0 Å². The van der Waals surface area contributed by atoms with E-state index in [0.29, 0.717) is 17.3 Å². The average molecular weight is 479 g/mol. The number of likely N-dealkylation sites (N-methyl/N-ethyl adjacent to an activating group) is 1. The molecule has 7 nitrogen and oxygen atoms in total. The minimum atomic E-state index is -1.89. The van der Waals surface area contributed by atoms with E-state index in [9.17, 15) is 28.3 Å². The number of halogens is 2. The number of nitrogens with zero attached hydrogens (tertiary/aromatic N) is 1. The number of rotatable bonds is 5. The van der Waals surface area contributed by atoms with Crippen LogP contribution in [0, 0.1) is 11.6 Å². The fraction of sp³-hybridized carbons (Fsp3) is 0.192. The summed E-state index contributed by atoms with van der Waals surface area (Å²) in [7, 11) is 1.62. The van der Waals surface area contributed by atoms with Gasteiger partial charge >= 0.3 is 0 Å². The summed E-state index contributed by atoms with van der Waals surface area (Å²) < 4.78 is 26.9. The van der Waals surface area contributed by atoms with E-state index in [-0.39, 0.29) is 11.5 Å². The van der Waals surface area contributed by atoms with Crippen molar-refractivity contribution in [2.24, 2.45) is 0 Å². The molecule has 35 heavy (non-hydrogen) atoms. The molecule has 0 radical (unpaired) electrons. The Kier molecular flexibility index (Phi) is 6.61. The first kappa shape index (κ1) is 24.0. The molecule has 3 atom stereocenters. The van der Waals surface area contributed by atoms with Crippen LogP contribution in [0.15, 0.2) is 66.7 Å². The van der Waals surface area contributed by atoms with Crippen molar-refractivity contribution in [3.8, 4) is 11.1 Å². The Bertz CT molecular complexity index is 1290. The van der Waals surface area contributed by atoms with Crippen molar-refractivity contribution in [3.05, 3.63) is 89.5 Å². The van der Waals surface area contributed by atoms with Crippen molar-refractivity contribution in [1.29, 1.82) is 0 Å². The number of carbonyl (C=O) groups is 3. The van der Waals surface area contributed by atoms with Crippen LogP contribution in [0.5, 0.6) is 0 Å². The number of aliphatic hydroxyl groups excluding tert-OH is 1. The number of hydrogen-bond donors (Lipinski definition) is 3. The molecule has 3 aromatic rings. The number of fused-ring (bicyclic) bond motifs is 3. The van der Waals surface area contributed by atoms with Crippen LogP contribution in [0.25, 0.3) is 11.1 Å². The Labute approximate surface area is 200 Å². The smallest absolute Gasteiger partial charge is 0.254 e. The highest BCUT2D eigenvalue weighted by molar-refractivity contribution is 6.06. The molecule has 0 bridgehead atoms. The molecule has 0 saturated heterocycles. The lowest BCUT2D eigenvalue weighted by molar-refractivity contribution is -0.134. The molecule has 3 N–H and O–H groups in total. The second-order valence-electron chi connectivity index (χ2n) is 8.28. The molecule has 9 heteroatoms. The highest BCUT2D eigenvalue weighted by Crippen LogP contribution is 2.39. The Morgan fingerprint density at radius 3 is 2.23 bits per heavy atom. The lowest BCUT2D eigenvalue weighted by Gasteiger charge is -2.24. The fourth-order valence-electron chi connectivity index (χ4n) is 4.08. The van der Waals surface area contributed by atoms with E-state index in [2.05, 4.69) is 10.6 Å². The Hall–Kier alpha value is -4.11. The summed E-state index contributed by atoms with van der Waals surface area (Å²) in [4.78, 5) is 40.2. The van der Waals surface area contributed by atoms with E-state index in [0.717, 1.165) is 23.3 Å². The molecule has 0 fully saturated rings. The zero-order chi connectivity index (χ0) is 25.3. The molecule has 180 valence electrons. The molecular weight excluding hydrogens is 456 g/mol. The van der Waals surface area contributed by atoms with Crippen molar-refractivity contribution >= 4 is 23.4 Å². The summed E-state index contributed by atoms with van der Waals surface area (Å²) in [6.45, 7) is 1.37. The molecule has 0 aliphatic carbocycles. The van der Waals surface area contributed by atoms with Gasteiger partial charge in [-0.1, -0.05) is 42.5 Å². The third-order valence-electron chi connectivity index (χ3n) is 5.89. The van der Waals surface area contributed by atoms with E-state index in [4.69, 9.17) is 0 Å². The molecule has 0 aromatic heterocycles. The van der Waals surface area contributed by atoms with Crippen LogP contribution in [-0.2, 0) is 14.4 Å². The van der Waals surface area contributed by atoms with Gasteiger partial charge in [0.1, 0.15) is 23.7 Å². The molecule has 1 heterocycles. The number of benzene rings is 3. The van der Waals surface area contributed by atoms with Crippen LogP contribution in [0.3, 0.4) is 0 Å². The maximum absolute atomic E-state index is 13.4. The van der Waals surface area contributed by atoms with Gasteiger partial charge in [0.15, 0.2) is 6.10 Å². The minimum Gasteiger partial charge on any atom is -0.378 e. The largest absolute Gasteiger partial charge is 0.378 e. The molecule has 1 unspecified atom stereocenters. The topological polar surface area (TPSA) is 98.7 Å². The van der Waals surface area contributed by atoms with Gasteiger partial charge in [0.25, 0.3) is 11.8 Å². The van der Waals surface area contributed by atoms with Crippen molar-refractivity contribution < 1.29 is 28.3 Å². The third kappa shape index (κ3) is 4.76. The Morgan fingerprint density at radius 2 is 1.54 bits per heavy atom. The van der Waals surface area contributed by atoms with E-state index < -0.39 is 41.6 Å². The van der Waals surface area contributed by atoms with E-state index in [1.54, 1.807) is 19.2 Å². The molecular formula is C26H23F2N3O4. The van der Waals surface area contributed by atoms with Crippen molar-refractivity contribution in [2.45, 2.75) is 25.1 Å². The zero-order valence-electron chi connectivity index (χ0n) is 19.0. The maximum atomic E-state index is 13.4. The summed E-state index contributed by atoms with van der Waals surface area (Å²) in [6, 6.07) is 14.7. The van der Waals surface area contributed by atoms with Crippen molar-refractivity contribution in [2.75, 3.05) is 11.9 Å². The molecule has 3 aromatic carbocycles. The number of hydrogen-bond acceptors (Lipinski definition) is 4. The Morgan fingerprint density at radius 1 is 0.943 bits per heavy atom. The lowest BCUT2D eigenvalue weighted by Crippen LogP contribution is -2.49. The average Bonchev–Trinajstić information content (AvgIpc) is 2.92. The third-order valence-corrected chi connectivity index (χ3v) is 5.89. The summed E-state index contributed by atoms with van der Waals surface area (Å²) >= 11 is 0. The summed E-state index contributed by atoms with van der Waals surface area (Å²) in [5.74, 6) is -3.97. The second kappa shape index (κ2) is 9.63. The standard InChI is InChI=1S/C26H23F2N3O4/c1-14(29-25(34)23(32)15-11-16(27)13-17(28)12-15)24(33)30-22-20-9-4-3-7-18(20)19-8-5-6-10-21(19)31(2)26(22)35/h3-14,22-23,32H,1-2H3,(H,29,34)(H,30,33)/t14-,22-,23?/m0/s1. The van der Waals surface area contributed by atoms with Crippen LogP contribution in [0.1, 0.15) is 30.2 Å². The number of amides is 3. The summed E-state index contributed by atoms with van der Waals surface area (Å²) in [5, 5.41) is 15.2. The molecule has 0 saturated carbocycles.